The van der Waals surface area contributed by atoms with Gasteiger partial charge in [-0.1, -0.05) is 42.7 Å². The number of hydrogen-bond acceptors (Lipinski definition) is 0. The Labute approximate surface area is 95.8 Å². The zero-order chi connectivity index (χ0) is 11.8. The summed E-state index contributed by atoms with van der Waals surface area (Å²) in [5.41, 5.74) is 4.24. The van der Waals surface area contributed by atoms with Crippen molar-refractivity contribution in [2.75, 3.05) is 0 Å². The van der Waals surface area contributed by atoms with Crippen LogP contribution in [-0.4, -0.2) is 0 Å². The van der Waals surface area contributed by atoms with Gasteiger partial charge in [0.15, 0.2) is 0 Å². The molecule has 0 nitrogen and oxygen atoms in total. The highest BCUT2D eigenvalue weighted by atomic mass is 14.1. The van der Waals surface area contributed by atoms with Gasteiger partial charge in [0.1, 0.15) is 0 Å². The second-order valence-corrected chi connectivity index (χ2v) is 4.91. The van der Waals surface area contributed by atoms with Gasteiger partial charge in [-0.05, 0) is 46.0 Å². The fourth-order valence-corrected chi connectivity index (χ4v) is 1.43. The monoisotopic (exact) mass is 206 g/mol. The summed E-state index contributed by atoms with van der Waals surface area (Å²) in [6, 6.07) is 0. The van der Waals surface area contributed by atoms with Gasteiger partial charge in [0.05, 0.1) is 0 Å². The van der Waals surface area contributed by atoms with Crippen LogP contribution in [0.2, 0.25) is 0 Å². The van der Waals surface area contributed by atoms with E-state index in [4.69, 9.17) is 0 Å². The summed E-state index contributed by atoms with van der Waals surface area (Å²) in [5, 5.41) is 0. The predicted octanol–water partition coefficient (Wildman–Crippen LogP) is 5.28. The quantitative estimate of drug-likeness (QED) is 0.518. The minimum Gasteiger partial charge on any atom is -0.100 e. The van der Waals surface area contributed by atoms with Gasteiger partial charge < -0.3 is 0 Å². The van der Waals surface area contributed by atoms with Gasteiger partial charge in [-0.15, -0.1) is 6.58 Å². The molecule has 0 saturated carbocycles. The predicted molar refractivity (Wildman–Crippen MR) is 71.0 cm³/mol. The van der Waals surface area contributed by atoms with Crippen LogP contribution < -0.4 is 0 Å². The lowest BCUT2D eigenvalue weighted by atomic mass is 9.95. The van der Waals surface area contributed by atoms with E-state index in [0.29, 0.717) is 5.92 Å². The van der Waals surface area contributed by atoms with Gasteiger partial charge in [-0.25, -0.2) is 0 Å². The zero-order valence-electron chi connectivity index (χ0n) is 11.1. The van der Waals surface area contributed by atoms with E-state index < -0.39 is 0 Å². The first kappa shape index (κ1) is 14.2. The molecule has 0 rings (SSSR count). The van der Waals surface area contributed by atoms with Crippen molar-refractivity contribution in [2.45, 2.75) is 53.9 Å². The van der Waals surface area contributed by atoms with Crippen LogP contribution in [0.25, 0.3) is 0 Å². The van der Waals surface area contributed by atoms with E-state index in [0.717, 1.165) is 12.8 Å². The highest BCUT2D eigenvalue weighted by Crippen LogP contribution is 2.19. The number of hydrogen-bond donors (Lipinski definition) is 0. The molecule has 86 valence electrons. The summed E-state index contributed by atoms with van der Waals surface area (Å²) in [5.74, 6) is 0.662. The Morgan fingerprint density at radius 2 is 1.67 bits per heavy atom. The fraction of sp³-hybridized carbons (Fsp3) is 0.600. The molecule has 0 radical (unpaired) electrons. The molecular weight excluding hydrogens is 180 g/mol. The Morgan fingerprint density at radius 1 is 1.07 bits per heavy atom. The van der Waals surface area contributed by atoms with Gasteiger partial charge in [-0.3, -0.25) is 0 Å². The van der Waals surface area contributed by atoms with Crippen molar-refractivity contribution in [3.05, 3.63) is 35.5 Å². The van der Waals surface area contributed by atoms with Crippen LogP contribution in [-0.2, 0) is 0 Å². The zero-order valence-corrected chi connectivity index (χ0v) is 11.1. The van der Waals surface area contributed by atoms with E-state index in [2.05, 4.69) is 53.3 Å². The smallest absolute Gasteiger partial charge is 0.0164 e. The molecule has 0 aromatic heterocycles. The molecular formula is C15H26. The molecule has 0 aliphatic rings. The molecule has 0 aromatic carbocycles. The second kappa shape index (κ2) is 7.50. The van der Waals surface area contributed by atoms with Crippen molar-refractivity contribution in [3.63, 3.8) is 0 Å². The van der Waals surface area contributed by atoms with Gasteiger partial charge in [0.25, 0.3) is 0 Å². The van der Waals surface area contributed by atoms with Crippen molar-refractivity contribution in [1.29, 1.82) is 0 Å². The van der Waals surface area contributed by atoms with Gasteiger partial charge in [0.2, 0.25) is 0 Å². The molecule has 0 amide bonds. The lowest BCUT2D eigenvalue weighted by molar-refractivity contribution is 0.703. The first-order valence-corrected chi connectivity index (χ1v) is 5.90. The molecule has 15 heavy (non-hydrogen) atoms. The van der Waals surface area contributed by atoms with Gasteiger partial charge >= 0.3 is 0 Å². The number of rotatable bonds is 6. The van der Waals surface area contributed by atoms with Crippen LogP contribution >= 0.6 is 0 Å². The van der Waals surface area contributed by atoms with E-state index in [9.17, 15) is 0 Å². The first-order chi connectivity index (χ1) is 6.93. The highest BCUT2D eigenvalue weighted by Gasteiger charge is 2.02. The Hall–Kier alpha value is -0.780. The molecule has 0 heterocycles. The SMILES string of the molecule is C=C(C)CCC(=CCC=C(C)C)C(C)C. The largest absolute Gasteiger partial charge is 0.100 e. The highest BCUT2D eigenvalue weighted by molar-refractivity contribution is 5.10. The Morgan fingerprint density at radius 3 is 2.07 bits per heavy atom. The second-order valence-electron chi connectivity index (χ2n) is 4.91. The molecule has 0 spiro atoms. The third kappa shape index (κ3) is 8.23. The van der Waals surface area contributed by atoms with Crippen molar-refractivity contribution in [1.82, 2.24) is 0 Å². The average Bonchev–Trinajstić information content (AvgIpc) is 2.09. The van der Waals surface area contributed by atoms with Crippen molar-refractivity contribution >= 4 is 0 Å². The average molecular weight is 206 g/mol. The Balaban J connectivity index is 4.25. The first-order valence-electron chi connectivity index (χ1n) is 5.90. The molecule has 0 unspecified atom stereocenters. The van der Waals surface area contributed by atoms with Crippen LogP contribution in [0.3, 0.4) is 0 Å². The Kier molecular flexibility index (Phi) is 7.11. The Bertz CT molecular complexity index is 247. The van der Waals surface area contributed by atoms with E-state index in [1.807, 2.05) is 0 Å². The van der Waals surface area contributed by atoms with E-state index in [-0.39, 0.29) is 0 Å². The summed E-state index contributed by atoms with van der Waals surface area (Å²) >= 11 is 0. The fourth-order valence-electron chi connectivity index (χ4n) is 1.43. The molecule has 0 atom stereocenters. The van der Waals surface area contributed by atoms with Crippen LogP contribution in [0.1, 0.15) is 53.9 Å². The van der Waals surface area contributed by atoms with Crippen molar-refractivity contribution in [3.8, 4) is 0 Å². The summed E-state index contributed by atoms with van der Waals surface area (Å²) in [4.78, 5) is 0. The molecule has 0 aliphatic heterocycles. The van der Waals surface area contributed by atoms with Crippen molar-refractivity contribution in [2.24, 2.45) is 5.92 Å². The maximum absolute atomic E-state index is 3.96. The van der Waals surface area contributed by atoms with Crippen LogP contribution in [0.15, 0.2) is 35.5 Å². The van der Waals surface area contributed by atoms with Crippen LogP contribution in [0.4, 0.5) is 0 Å². The van der Waals surface area contributed by atoms with E-state index in [1.165, 1.54) is 17.6 Å². The van der Waals surface area contributed by atoms with E-state index >= 15 is 0 Å². The summed E-state index contributed by atoms with van der Waals surface area (Å²) in [6.45, 7) is 14.9. The standard InChI is InChI=1S/C15H26/c1-12(2)8-7-9-15(14(5)6)11-10-13(3)4/h8-9,14H,3,7,10-11H2,1-2,4-6H3. The maximum atomic E-state index is 3.96. The lowest BCUT2D eigenvalue weighted by Crippen LogP contribution is -1.94. The molecule has 0 heteroatoms. The lowest BCUT2D eigenvalue weighted by Gasteiger charge is -2.11. The molecule has 0 N–H and O–H groups in total. The minimum atomic E-state index is 0.662. The molecule has 0 fully saturated rings. The summed E-state index contributed by atoms with van der Waals surface area (Å²) in [6.07, 6.45) is 8.03. The minimum absolute atomic E-state index is 0.662. The third-order valence-corrected chi connectivity index (χ3v) is 2.49. The summed E-state index contributed by atoms with van der Waals surface area (Å²) in [7, 11) is 0. The molecule has 0 saturated heterocycles. The number of allylic oxidation sites excluding steroid dienone is 5. The van der Waals surface area contributed by atoms with Crippen LogP contribution in [0.5, 0.6) is 0 Å². The molecule has 0 aromatic rings. The molecule has 0 aliphatic carbocycles. The molecule has 0 bridgehead atoms. The third-order valence-electron chi connectivity index (χ3n) is 2.49. The maximum Gasteiger partial charge on any atom is -0.0164 e. The summed E-state index contributed by atoms with van der Waals surface area (Å²) < 4.78 is 0. The van der Waals surface area contributed by atoms with Gasteiger partial charge in [0, 0.05) is 0 Å². The topological polar surface area (TPSA) is 0 Å². The van der Waals surface area contributed by atoms with E-state index in [1.54, 1.807) is 5.57 Å². The van der Waals surface area contributed by atoms with Crippen molar-refractivity contribution < 1.29 is 0 Å². The van der Waals surface area contributed by atoms with Crippen LogP contribution in [0, 0.1) is 5.92 Å². The van der Waals surface area contributed by atoms with Gasteiger partial charge in [-0.2, -0.15) is 0 Å². The normalized spacial score (nSPS) is 11.7.